The van der Waals surface area contributed by atoms with Crippen molar-refractivity contribution in [1.82, 2.24) is 0 Å². The molecule has 3 rings (SSSR count). The summed E-state index contributed by atoms with van der Waals surface area (Å²) in [7, 11) is 0. The normalized spacial score (nSPS) is 10.8. The molecule has 0 amide bonds. The van der Waals surface area contributed by atoms with Crippen molar-refractivity contribution in [2.45, 2.75) is 71.1 Å². The molecule has 0 N–H and O–H groups in total. The lowest BCUT2D eigenvalue weighted by Gasteiger charge is -2.11. The smallest absolute Gasteiger partial charge is 0.347 e. The second kappa shape index (κ2) is 15.0. The van der Waals surface area contributed by atoms with Gasteiger partial charge in [-0.3, -0.25) is 0 Å². The van der Waals surface area contributed by atoms with Crippen molar-refractivity contribution >= 4 is 5.97 Å². The number of unbranched alkanes of at least 4 members (excludes halogenated alkanes) is 9. The molecule has 0 aliphatic rings. The van der Waals surface area contributed by atoms with Gasteiger partial charge >= 0.3 is 5.97 Å². The standard InChI is InChI=1S/C31H37FO3/c1-2-3-4-5-6-7-8-9-10-13-24-34-30-15-12-11-14-29(30)31(33)35-28-22-18-26(19-23-28)25-16-20-27(32)21-17-25/h11-12,14-23H,2-10,13,24H2,1H3. The summed E-state index contributed by atoms with van der Waals surface area (Å²) in [6.07, 6.45) is 12.7. The number of esters is 1. The minimum atomic E-state index is -0.446. The van der Waals surface area contributed by atoms with Gasteiger partial charge in [-0.25, -0.2) is 9.18 Å². The predicted molar refractivity (Wildman–Crippen MR) is 141 cm³/mol. The van der Waals surface area contributed by atoms with Crippen LogP contribution in [0.25, 0.3) is 11.1 Å². The maximum Gasteiger partial charge on any atom is 0.347 e. The van der Waals surface area contributed by atoms with E-state index in [2.05, 4.69) is 6.92 Å². The fourth-order valence-electron chi connectivity index (χ4n) is 4.05. The van der Waals surface area contributed by atoms with Crippen molar-refractivity contribution in [3.8, 4) is 22.6 Å². The van der Waals surface area contributed by atoms with E-state index in [0.29, 0.717) is 23.7 Å². The molecule has 0 saturated heterocycles. The number of para-hydroxylation sites is 1. The number of carbonyl (C=O) groups is 1. The van der Waals surface area contributed by atoms with E-state index in [4.69, 9.17) is 9.47 Å². The maximum atomic E-state index is 13.1. The van der Waals surface area contributed by atoms with E-state index in [-0.39, 0.29) is 5.82 Å². The molecule has 0 fully saturated rings. The van der Waals surface area contributed by atoms with Crippen LogP contribution in [0, 0.1) is 5.82 Å². The first kappa shape index (κ1) is 26.5. The summed E-state index contributed by atoms with van der Waals surface area (Å²) in [5, 5.41) is 0. The van der Waals surface area contributed by atoms with Crippen molar-refractivity contribution in [3.05, 3.63) is 84.2 Å². The molecule has 0 aliphatic carbocycles. The van der Waals surface area contributed by atoms with Crippen molar-refractivity contribution in [2.75, 3.05) is 6.61 Å². The van der Waals surface area contributed by atoms with Gasteiger partial charge in [-0.2, -0.15) is 0 Å². The number of ether oxygens (including phenoxy) is 2. The summed E-state index contributed by atoms with van der Waals surface area (Å²) >= 11 is 0. The van der Waals surface area contributed by atoms with Crippen molar-refractivity contribution < 1.29 is 18.7 Å². The number of benzene rings is 3. The molecule has 0 unspecified atom stereocenters. The molecule has 0 bridgehead atoms. The zero-order valence-corrected chi connectivity index (χ0v) is 20.8. The fraction of sp³-hybridized carbons (Fsp3) is 0.387. The number of hydrogen-bond donors (Lipinski definition) is 0. The third-order valence-electron chi connectivity index (χ3n) is 6.10. The van der Waals surface area contributed by atoms with Gasteiger partial charge in [-0.1, -0.05) is 101 Å². The second-order valence-electron chi connectivity index (χ2n) is 8.95. The van der Waals surface area contributed by atoms with E-state index >= 15 is 0 Å². The Morgan fingerprint density at radius 2 is 1.23 bits per heavy atom. The van der Waals surface area contributed by atoms with Gasteiger partial charge in [0.15, 0.2) is 0 Å². The van der Waals surface area contributed by atoms with E-state index in [9.17, 15) is 9.18 Å². The van der Waals surface area contributed by atoms with Gasteiger partial charge in [0.05, 0.1) is 6.61 Å². The average molecular weight is 477 g/mol. The summed E-state index contributed by atoms with van der Waals surface area (Å²) in [5.74, 6) is 0.285. The van der Waals surface area contributed by atoms with Crippen LogP contribution in [0.2, 0.25) is 0 Å². The van der Waals surface area contributed by atoms with Crippen LogP contribution in [0.5, 0.6) is 11.5 Å². The van der Waals surface area contributed by atoms with Crippen molar-refractivity contribution in [3.63, 3.8) is 0 Å². The Balaban J connectivity index is 1.42. The Kier molecular flexibility index (Phi) is 11.3. The van der Waals surface area contributed by atoms with E-state index in [0.717, 1.165) is 24.0 Å². The van der Waals surface area contributed by atoms with Gasteiger partial charge in [-0.05, 0) is 53.9 Å². The second-order valence-corrected chi connectivity index (χ2v) is 8.95. The Bertz CT molecular complexity index is 1010. The molecule has 0 radical (unpaired) electrons. The van der Waals surface area contributed by atoms with Crippen LogP contribution in [-0.2, 0) is 0 Å². The van der Waals surface area contributed by atoms with Gasteiger partial charge in [-0.15, -0.1) is 0 Å². The molecule has 0 heterocycles. The molecule has 0 aliphatic heterocycles. The lowest BCUT2D eigenvalue weighted by molar-refractivity contribution is 0.0730. The zero-order chi connectivity index (χ0) is 24.7. The first-order valence-electron chi connectivity index (χ1n) is 13.0. The molecular formula is C31H37FO3. The van der Waals surface area contributed by atoms with Crippen molar-refractivity contribution in [2.24, 2.45) is 0 Å². The molecule has 0 spiro atoms. The predicted octanol–water partition coefficient (Wildman–Crippen LogP) is 9.01. The summed E-state index contributed by atoms with van der Waals surface area (Å²) in [4.78, 5) is 12.8. The number of halogens is 1. The van der Waals surface area contributed by atoms with Crippen LogP contribution in [0.4, 0.5) is 4.39 Å². The van der Waals surface area contributed by atoms with Gasteiger partial charge in [0, 0.05) is 0 Å². The number of rotatable bonds is 15. The molecular weight excluding hydrogens is 439 g/mol. The molecule has 3 nitrogen and oxygen atoms in total. The summed E-state index contributed by atoms with van der Waals surface area (Å²) in [6, 6.07) is 20.7. The van der Waals surface area contributed by atoms with E-state index in [1.54, 1.807) is 30.3 Å². The van der Waals surface area contributed by atoms with Crippen LogP contribution in [0.3, 0.4) is 0 Å². The van der Waals surface area contributed by atoms with Gasteiger partial charge in [0.25, 0.3) is 0 Å². The lowest BCUT2D eigenvalue weighted by Crippen LogP contribution is -2.11. The first-order chi connectivity index (χ1) is 17.2. The third kappa shape index (κ3) is 9.20. The highest BCUT2D eigenvalue weighted by atomic mass is 19.1. The van der Waals surface area contributed by atoms with E-state index in [1.807, 2.05) is 30.3 Å². The molecule has 4 heteroatoms. The molecule has 3 aromatic carbocycles. The molecule has 0 saturated carbocycles. The SMILES string of the molecule is CCCCCCCCCCCCOc1ccccc1C(=O)Oc1ccc(-c2ccc(F)cc2)cc1. The highest BCUT2D eigenvalue weighted by molar-refractivity contribution is 5.94. The maximum absolute atomic E-state index is 13.1. The Labute approximate surface area is 209 Å². The lowest BCUT2D eigenvalue weighted by atomic mass is 10.1. The number of carbonyl (C=O) groups excluding carboxylic acids is 1. The number of hydrogen-bond acceptors (Lipinski definition) is 3. The summed E-state index contributed by atoms with van der Waals surface area (Å²) in [5.41, 5.74) is 2.24. The van der Waals surface area contributed by atoms with Gasteiger partial charge < -0.3 is 9.47 Å². The van der Waals surface area contributed by atoms with Gasteiger partial charge in [0.2, 0.25) is 0 Å². The van der Waals surface area contributed by atoms with Crippen LogP contribution < -0.4 is 9.47 Å². The topological polar surface area (TPSA) is 35.5 Å². The summed E-state index contributed by atoms with van der Waals surface area (Å²) < 4.78 is 24.6. The first-order valence-corrected chi connectivity index (χ1v) is 13.0. The van der Waals surface area contributed by atoms with Crippen molar-refractivity contribution in [1.29, 1.82) is 0 Å². The fourth-order valence-corrected chi connectivity index (χ4v) is 4.05. The third-order valence-corrected chi connectivity index (χ3v) is 6.10. The Morgan fingerprint density at radius 1 is 0.686 bits per heavy atom. The molecule has 0 atom stereocenters. The van der Waals surface area contributed by atoms with E-state index < -0.39 is 5.97 Å². The Hall–Kier alpha value is -3.14. The minimum absolute atomic E-state index is 0.270. The highest BCUT2D eigenvalue weighted by Gasteiger charge is 2.14. The molecule has 186 valence electrons. The molecule has 35 heavy (non-hydrogen) atoms. The summed E-state index contributed by atoms with van der Waals surface area (Å²) in [6.45, 7) is 2.84. The van der Waals surface area contributed by atoms with Crippen LogP contribution in [0.15, 0.2) is 72.8 Å². The highest BCUT2D eigenvalue weighted by Crippen LogP contribution is 2.25. The van der Waals surface area contributed by atoms with Gasteiger partial charge in [0.1, 0.15) is 22.9 Å². The monoisotopic (exact) mass is 476 g/mol. The van der Waals surface area contributed by atoms with Crippen LogP contribution >= 0.6 is 0 Å². The quantitative estimate of drug-likeness (QED) is 0.125. The van der Waals surface area contributed by atoms with Crippen LogP contribution in [-0.4, -0.2) is 12.6 Å². The minimum Gasteiger partial charge on any atom is -0.493 e. The molecule has 0 aromatic heterocycles. The zero-order valence-electron chi connectivity index (χ0n) is 20.8. The van der Waals surface area contributed by atoms with Crippen LogP contribution in [0.1, 0.15) is 81.5 Å². The molecule has 3 aromatic rings. The Morgan fingerprint density at radius 3 is 1.86 bits per heavy atom. The average Bonchev–Trinajstić information content (AvgIpc) is 2.88. The largest absolute Gasteiger partial charge is 0.493 e. The van der Waals surface area contributed by atoms with E-state index in [1.165, 1.54) is 63.5 Å².